The molecule has 2 aliphatic heterocycles. The summed E-state index contributed by atoms with van der Waals surface area (Å²) in [4.78, 5) is 48.7. The van der Waals surface area contributed by atoms with Gasteiger partial charge in [0.15, 0.2) is 5.82 Å². The Hall–Kier alpha value is -4.86. The van der Waals surface area contributed by atoms with Crippen molar-refractivity contribution in [1.82, 2.24) is 28.9 Å². The van der Waals surface area contributed by atoms with E-state index in [1.54, 1.807) is 17.8 Å². The van der Waals surface area contributed by atoms with Gasteiger partial charge in [-0.15, -0.1) is 5.10 Å². The van der Waals surface area contributed by atoms with Crippen LogP contribution in [0.3, 0.4) is 0 Å². The number of hydrogen-bond donors (Lipinski definition) is 2. The van der Waals surface area contributed by atoms with Crippen LogP contribution in [0.4, 0.5) is 30.2 Å². The first-order valence-corrected chi connectivity index (χ1v) is 15.0. The Kier molecular flexibility index (Phi) is 8.22. The van der Waals surface area contributed by atoms with Gasteiger partial charge in [-0.1, -0.05) is 13.0 Å². The van der Waals surface area contributed by atoms with E-state index in [0.717, 1.165) is 17.7 Å². The van der Waals surface area contributed by atoms with Crippen LogP contribution in [0.2, 0.25) is 0 Å². The first kappa shape index (κ1) is 31.1. The van der Waals surface area contributed by atoms with Gasteiger partial charge in [0, 0.05) is 45.1 Å². The molecule has 1 fully saturated rings. The van der Waals surface area contributed by atoms with Crippen LogP contribution in [0.1, 0.15) is 36.0 Å². The number of benzene rings is 1. The molecular weight excluding hydrogens is 607 g/mol. The largest absolute Gasteiger partial charge is 0.416 e. The molecule has 13 nitrogen and oxygen atoms in total. The maximum Gasteiger partial charge on any atom is 0.416 e. The monoisotopic (exact) mass is 641 g/mol. The quantitative estimate of drug-likeness (QED) is 0.315. The minimum atomic E-state index is -4.51. The number of carbonyl (C=O) groups is 1. The lowest BCUT2D eigenvalue weighted by Gasteiger charge is -2.37. The third kappa shape index (κ3) is 5.79. The molecule has 1 aromatic carbocycles. The molecule has 244 valence electrons. The molecule has 0 atom stereocenters. The van der Waals surface area contributed by atoms with E-state index in [-0.39, 0.29) is 34.7 Å². The molecular formula is C30H34F3N9O4. The second kappa shape index (κ2) is 12.2. The van der Waals surface area contributed by atoms with Crippen LogP contribution < -0.4 is 26.2 Å². The van der Waals surface area contributed by atoms with E-state index < -0.39 is 17.6 Å². The summed E-state index contributed by atoms with van der Waals surface area (Å²) in [5.41, 5.74) is 1.51. The summed E-state index contributed by atoms with van der Waals surface area (Å²) >= 11 is 0. The number of nitrogens with one attached hydrogen (secondary N) is 2. The molecule has 0 spiro atoms. The smallest absolute Gasteiger partial charge is 0.377 e. The Balaban J connectivity index is 1.37. The maximum atomic E-state index is 14.1. The maximum absolute atomic E-state index is 14.1. The molecule has 0 aliphatic carbocycles. The summed E-state index contributed by atoms with van der Waals surface area (Å²) < 4.78 is 49.3. The second-order valence-electron chi connectivity index (χ2n) is 11.3. The number of fused-ring (bicyclic) bond motifs is 1. The van der Waals surface area contributed by atoms with E-state index in [4.69, 9.17) is 9.72 Å². The topological polar surface area (TPSA) is 135 Å². The number of aromatic amines is 1. The summed E-state index contributed by atoms with van der Waals surface area (Å²) in [6.45, 7) is 5.82. The molecule has 0 radical (unpaired) electrons. The fraction of sp³-hybridized carbons (Fsp3) is 0.433. The van der Waals surface area contributed by atoms with Crippen molar-refractivity contribution in [2.45, 2.75) is 39.4 Å². The van der Waals surface area contributed by atoms with Gasteiger partial charge in [-0.25, -0.2) is 0 Å². The summed E-state index contributed by atoms with van der Waals surface area (Å²) in [7, 11) is 1.64. The van der Waals surface area contributed by atoms with Gasteiger partial charge in [0.05, 0.1) is 24.5 Å². The molecule has 2 N–H and O–H groups in total. The van der Waals surface area contributed by atoms with Gasteiger partial charge in [0.25, 0.3) is 11.1 Å². The zero-order valence-corrected chi connectivity index (χ0v) is 25.6. The highest BCUT2D eigenvalue weighted by atomic mass is 19.4. The molecule has 16 heteroatoms. The number of nitrogens with zero attached hydrogens (tertiary/aromatic N) is 7. The number of hydrogen-bond acceptors (Lipinski definition) is 8. The van der Waals surface area contributed by atoms with Crippen molar-refractivity contribution in [3.8, 4) is 0 Å². The van der Waals surface area contributed by atoms with E-state index in [1.165, 1.54) is 22.2 Å². The van der Waals surface area contributed by atoms with Crippen molar-refractivity contribution in [1.29, 1.82) is 0 Å². The van der Waals surface area contributed by atoms with Crippen molar-refractivity contribution >= 4 is 34.3 Å². The third-order valence-electron chi connectivity index (χ3n) is 8.40. The van der Waals surface area contributed by atoms with Gasteiger partial charge in [-0.2, -0.15) is 22.7 Å². The number of H-pyrrole nitrogens is 1. The molecule has 3 aromatic heterocycles. The Bertz CT molecular complexity index is 1950. The van der Waals surface area contributed by atoms with Crippen LogP contribution in [0.5, 0.6) is 0 Å². The first-order valence-electron chi connectivity index (χ1n) is 15.0. The summed E-state index contributed by atoms with van der Waals surface area (Å²) in [6, 6.07) is 3.14. The lowest BCUT2D eigenvalue weighted by atomic mass is 10.1. The molecule has 5 heterocycles. The average Bonchev–Trinajstić information content (AvgIpc) is 3.63. The Labute approximate surface area is 260 Å². The molecule has 1 saturated heterocycles. The van der Waals surface area contributed by atoms with Gasteiger partial charge in [-0.05, 0) is 49.1 Å². The minimum absolute atomic E-state index is 0.140. The minimum Gasteiger partial charge on any atom is -0.377 e. The fourth-order valence-electron chi connectivity index (χ4n) is 5.96. The zero-order chi connectivity index (χ0) is 32.7. The van der Waals surface area contributed by atoms with E-state index in [2.05, 4.69) is 15.5 Å². The average molecular weight is 642 g/mol. The van der Waals surface area contributed by atoms with E-state index in [9.17, 15) is 27.6 Å². The van der Waals surface area contributed by atoms with Crippen molar-refractivity contribution in [3.63, 3.8) is 0 Å². The molecule has 46 heavy (non-hydrogen) atoms. The Morgan fingerprint density at radius 3 is 2.46 bits per heavy atom. The van der Waals surface area contributed by atoms with E-state index in [0.29, 0.717) is 75.1 Å². The van der Waals surface area contributed by atoms with Crippen molar-refractivity contribution < 1.29 is 22.7 Å². The SMILES string of the molecule is CCc1c(N2CCN(c3c[nH]n(C)c3=O)CC2)c(=O)n2nc(C3=CCOCC3)nc2n1CC(=O)Nc1ccc(C(F)(F)F)cc1C. The van der Waals surface area contributed by atoms with Crippen molar-refractivity contribution in [3.05, 3.63) is 73.8 Å². The molecule has 6 rings (SSSR count). The van der Waals surface area contributed by atoms with Gasteiger partial charge in [0.1, 0.15) is 17.9 Å². The highest BCUT2D eigenvalue weighted by Gasteiger charge is 2.31. The predicted molar refractivity (Wildman–Crippen MR) is 165 cm³/mol. The summed E-state index contributed by atoms with van der Waals surface area (Å²) in [6.07, 6.45) is -0.0423. The number of carbonyl (C=O) groups excluding carboxylic acids is 1. The highest BCUT2D eigenvalue weighted by Crippen LogP contribution is 2.32. The number of halogens is 3. The molecule has 0 unspecified atom stereocenters. The number of ether oxygens (including phenoxy) is 1. The van der Waals surface area contributed by atoms with Gasteiger partial charge in [0.2, 0.25) is 11.7 Å². The normalized spacial score (nSPS) is 15.8. The predicted octanol–water partition coefficient (Wildman–Crippen LogP) is 2.58. The molecule has 0 saturated carbocycles. The number of aryl methyl sites for hydroxylation is 2. The van der Waals surface area contributed by atoms with Gasteiger partial charge < -0.3 is 29.5 Å². The van der Waals surface area contributed by atoms with Crippen LogP contribution in [0, 0.1) is 6.92 Å². The summed E-state index contributed by atoms with van der Waals surface area (Å²) in [5, 5.41) is 10.2. The van der Waals surface area contributed by atoms with Gasteiger partial charge in [-0.3, -0.25) is 19.1 Å². The second-order valence-corrected chi connectivity index (χ2v) is 11.3. The highest BCUT2D eigenvalue weighted by molar-refractivity contribution is 5.91. The molecule has 2 aliphatic rings. The van der Waals surface area contributed by atoms with Crippen LogP contribution >= 0.6 is 0 Å². The number of anilines is 3. The van der Waals surface area contributed by atoms with Crippen LogP contribution in [0.15, 0.2) is 40.1 Å². The third-order valence-corrected chi connectivity index (χ3v) is 8.40. The van der Waals surface area contributed by atoms with E-state index in [1.807, 2.05) is 22.8 Å². The standard InChI is InChI=1S/C30H34F3N9O4/c1-4-22-25(40-11-9-39(10-12-40)23-16-34-38(3)27(23)44)28(45)42-29(36-26(37-42)19-7-13-46-14-8-19)41(22)17-24(43)35-21-6-5-20(15-18(21)2)30(31,32)33/h5-7,15-16,34H,4,8-14,17H2,1-3H3,(H,35,43). The number of aromatic nitrogens is 6. The number of rotatable bonds is 7. The number of alkyl halides is 3. The lowest BCUT2D eigenvalue weighted by Crippen LogP contribution is -2.50. The first-order chi connectivity index (χ1) is 22.0. The van der Waals surface area contributed by atoms with Crippen molar-refractivity contribution in [2.24, 2.45) is 7.05 Å². The van der Waals surface area contributed by atoms with Crippen LogP contribution in [0.25, 0.3) is 11.4 Å². The molecule has 4 aromatic rings. The number of amides is 1. The fourth-order valence-corrected chi connectivity index (χ4v) is 5.96. The molecule has 1 amide bonds. The van der Waals surface area contributed by atoms with Crippen LogP contribution in [-0.4, -0.2) is 74.2 Å². The summed E-state index contributed by atoms with van der Waals surface area (Å²) in [5.74, 6) is 0.0409. The van der Waals surface area contributed by atoms with Crippen LogP contribution in [-0.2, 0) is 35.7 Å². The number of piperazine rings is 1. The van der Waals surface area contributed by atoms with E-state index >= 15 is 0 Å². The molecule has 0 bridgehead atoms. The zero-order valence-electron chi connectivity index (χ0n) is 25.6. The Morgan fingerprint density at radius 2 is 1.85 bits per heavy atom. The Morgan fingerprint density at radius 1 is 1.11 bits per heavy atom. The lowest BCUT2D eigenvalue weighted by molar-refractivity contribution is -0.137. The van der Waals surface area contributed by atoms with Gasteiger partial charge >= 0.3 is 6.18 Å². The van der Waals surface area contributed by atoms with Crippen molar-refractivity contribution in [2.75, 3.05) is 54.5 Å².